The fraction of sp³-hybridized carbons (Fsp3) is 0.625. The van der Waals surface area contributed by atoms with Crippen LogP contribution >= 0.6 is 0 Å². The molecule has 0 aromatic heterocycles. The molecule has 64 valence electrons. The van der Waals surface area contributed by atoms with Crippen LogP contribution in [0.15, 0.2) is 11.6 Å². The molecular formula is C8H14O3. The minimum absolute atomic E-state index is 0.292. The average molecular weight is 158 g/mol. The van der Waals surface area contributed by atoms with Gasteiger partial charge >= 0.3 is 5.97 Å². The number of carboxylic acids is 1. The zero-order chi connectivity index (χ0) is 8.85. The zero-order valence-electron chi connectivity index (χ0n) is 6.87. The first-order valence-corrected chi connectivity index (χ1v) is 3.58. The van der Waals surface area contributed by atoms with Gasteiger partial charge in [0.2, 0.25) is 0 Å². The quantitative estimate of drug-likeness (QED) is 0.604. The molecular weight excluding hydrogens is 144 g/mol. The lowest BCUT2D eigenvalue weighted by atomic mass is 10.1. The van der Waals surface area contributed by atoms with Gasteiger partial charge in [-0.1, -0.05) is 11.6 Å². The molecule has 0 aliphatic carbocycles. The zero-order valence-corrected chi connectivity index (χ0v) is 6.87. The van der Waals surface area contributed by atoms with Gasteiger partial charge in [-0.3, -0.25) is 0 Å². The van der Waals surface area contributed by atoms with Gasteiger partial charge in [-0.25, -0.2) is 4.79 Å². The molecule has 1 unspecified atom stereocenters. The second kappa shape index (κ2) is 4.91. The average Bonchev–Trinajstić information content (AvgIpc) is 1.86. The van der Waals surface area contributed by atoms with Gasteiger partial charge in [0.1, 0.15) is 0 Å². The molecule has 1 atom stereocenters. The highest BCUT2D eigenvalue weighted by Gasteiger charge is 2.10. The van der Waals surface area contributed by atoms with E-state index in [0.717, 1.165) is 5.57 Å². The smallest absolute Gasteiger partial charge is 0.332 e. The van der Waals surface area contributed by atoms with Gasteiger partial charge in [0.25, 0.3) is 0 Å². The normalized spacial score (nSPS) is 12.3. The van der Waals surface area contributed by atoms with E-state index >= 15 is 0 Å². The van der Waals surface area contributed by atoms with E-state index in [1.807, 2.05) is 19.9 Å². The fourth-order valence-electron chi connectivity index (χ4n) is 0.653. The summed E-state index contributed by atoms with van der Waals surface area (Å²) in [6.07, 6.45) is 1.60. The number of carboxylic acid groups (broad SMARTS) is 1. The molecule has 0 rings (SSSR count). The van der Waals surface area contributed by atoms with Crippen molar-refractivity contribution in [2.24, 2.45) is 0 Å². The summed E-state index contributed by atoms with van der Waals surface area (Å²) in [4.78, 5) is 10.1. The molecule has 0 saturated heterocycles. The topological polar surface area (TPSA) is 57.5 Å². The highest BCUT2D eigenvalue weighted by molar-refractivity contribution is 5.71. The number of rotatable bonds is 4. The molecule has 0 aromatic rings. The second-order valence-corrected chi connectivity index (χ2v) is 2.71. The molecule has 0 aromatic carbocycles. The largest absolute Gasteiger partial charge is 0.479 e. The standard InChI is InChI=1S/C8H14O3/c1-6(2)4-3-5-7(9)8(10)11/h4,7,9H,3,5H2,1-2H3,(H,10,11). The summed E-state index contributed by atoms with van der Waals surface area (Å²) in [5, 5.41) is 17.1. The number of allylic oxidation sites excluding steroid dienone is 2. The van der Waals surface area contributed by atoms with E-state index in [9.17, 15) is 4.79 Å². The summed E-state index contributed by atoms with van der Waals surface area (Å²) in [5.74, 6) is -1.15. The summed E-state index contributed by atoms with van der Waals surface area (Å²) in [7, 11) is 0. The minimum atomic E-state index is -1.22. The van der Waals surface area contributed by atoms with Crippen LogP contribution in [0, 0.1) is 0 Å². The molecule has 0 heterocycles. The van der Waals surface area contributed by atoms with Crippen LogP contribution in [0.1, 0.15) is 26.7 Å². The molecule has 0 radical (unpaired) electrons. The highest BCUT2D eigenvalue weighted by Crippen LogP contribution is 2.01. The SMILES string of the molecule is CC(C)=CCCC(O)C(=O)O. The maximum absolute atomic E-state index is 10.1. The van der Waals surface area contributed by atoms with Crippen LogP contribution in [0.25, 0.3) is 0 Å². The number of hydrogen-bond acceptors (Lipinski definition) is 2. The predicted octanol–water partition coefficient (Wildman–Crippen LogP) is 1.18. The second-order valence-electron chi connectivity index (χ2n) is 2.71. The van der Waals surface area contributed by atoms with Crippen LogP contribution in [-0.2, 0) is 4.79 Å². The van der Waals surface area contributed by atoms with Gasteiger partial charge in [0.05, 0.1) is 0 Å². The third-order valence-electron chi connectivity index (χ3n) is 1.28. The van der Waals surface area contributed by atoms with Crippen LogP contribution in [0.4, 0.5) is 0 Å². The molecule has 0 amide bonds. The summed E-state index contributed by atoms with van der Waals surface area (Å²) >= 11 is 0. The van der Waals surface area contributed by atoms with Gasteiger partial charge in [-0.15, -0.1) is 0 Å². The molecule has 3 heteroatoms. The van der Waals surface area contributed by atoms with Crippen molar-refractivity contribution < 1.29 is 15.0 Å². The van der Waals surface area contributed by atoms with Crippen LogP contribution in [0.2, 0.25) is 0 Å². The monoisotopic (exact) mass is 158 g/mol. The van der Waals surface area contributed by atoms with Crippen molar-refractivity contribution in [2.45, 2.75) is 32.8 Å². The van der Waals surface area contributed by atoms with Crippen molar-refractivity contribution in [3.05, 3.63) is 11.6 Å². The van der Waals surface area contributed by atoms with E-state index in [1.165, 1.54) is 0 Å². The highest BCUT2D eigenvalue weighted by atomic mass is 16.4. The van der Waals surface area contributed by atoms with Crippen molar-refractivity contribution in [3.63, 3.8) is 0 Å². The van der Waals surface area contributed by atoms with Crippen molar-refractivity contribution in [2.75, 3.05) is 0 Å². The molecule has 0 bridgehead atoms. The number of carbonyl (C=O) groups is 1. The molecule has 0 spiro atoms. The molecule has 0 fully saturated rings. The fourth-order valence-corrected chi connectivity index (χ4v) is 0.653. The van der Waals surface area contributed by atoms with Crippen molar-refractivity contribution in [3.8, 4) is 0 Å². The molecule has 11 heavy (non-hydrogen) atoms. The van der Waals surface area contributed by atoms with E-state index in [-0.39, 0.29) is 0 Å². The van der Waals surface area contributed by atoms with Crippen LogP contribution in [0.3, 0.4) is 0 Å². The Labute approximate surface area is 66.4 Å². The maximum atomic E-state index is 10.1. The maximum Gasteiger partial charge on any atom is 0.332 e. The van der Waals surface area contributed by atoms with Crippen LogP contribution in [-0.4, -0.2) is 22.3 Å². The number of hydrogen-bond donors (Lipinski definition) is 2. The Morgan fingerprint density at radius 1 is 1.55 bits per heavy atom. The predicted molar refractivity (Wildman–Crippen MR) is 42.3 cm³/mol. The molecule has 0 aliphatic rings. The van der Waals surface area contributed by atoms with E-state index < -0.39 is 12.1 Å². The Bertz CT molecular complexity index is 157. The number of aliphatic hydroxyl groups excluding tert-OH is 1. The first-order chi connectivity index (χ1) is 5.04. The van der Waals surface area contributed by atoms with E-state index in [0.29, 0.717) is 12.8 Å². The van der Waals surface area contributed by atoms with Gasteiger partial charge in [0, 0.05) is 0 Å². The molecule has 3 nitrogen and oxygen atoms in total. The Morgan fingerprint density at radius 2 is 2.09 bits per heavy atom. The lowest BCUT2D eigenvalue weighted by Crippen LogP contribution is -2.18. The molecule has 0 saturated carbocycles. The summed E-state index contributed by atoms with van der Waals surface area (Å²) < 4.78 is 0. The third kappa shape index (κ3) is 5.61. The van der Waals surface area contributed by atoms with E-state index in [2.05, 4.69) is 0 Å². The van der Waals surface area contributed by atoms with E-state index in [4.69, 9.17) is 10.2 Å². The Hall–Kier alpha value is -0.830. The minimum Gasteiger partial charge on any atom is -0.479 e. The number of aliphatic carboxylic acids is 1. The summed E-state index contributed by atoms with van der Waals surface area (Å²) in [5.41, 5.74) is 1.14. The first kappa shape index (κ1) is 10.2. The summed E-state index contributed by atoms with van der Waals surface area (Å²) in [6.45, 7) is 3.88. The van der Waals surface area contributed by atoms with Crippen LogP contribution < -0.4 is 0 Å². The van der Waals surface area contributed by atoms with Crippen LogP contribution in [0.5, 0.6) is 0 Å². The lowest BCUT2D eigenvalue weighted by Gasteiger charge is -2.01. The van der Waals surface area contributed by atoms with Gasteiger partial charge in [-0.05, 0) is 26.7 Å². The first-order valence-electron chi connectivity index (χ1n) is 3.58. The third-order valence-corrected chi connectivity index (χ3v) is 1.28. The van der Waals surface area contributed by atoms with Gasteiger partial charge in [0.15, 0.2) is 6.10 Å². The Balaban J connectivity index is 3.55. The van der Waals surface area contributed by atoms with Gasteiger partial charge in [-0.2, -0.15) is 0 Å². The Morgan fingerprint density at radius 3 is 2.45 bits per heavy atom. The molecule has 2 N–H and O–H groups in total. The Kier molecular flexibility index (Phi) is 4.54. The van der Waals surface area contributed by atoms with Gasteiger partial charge < -0.3 is 10.2 Å². The number of aliphatic hydroxyl groups is 1. The van der Waals surface area contributed by atoms with Crippen molar-refractivity contribution in [1.82, 2.24) is 0 Å². The lowest BCUT2D eigenvalue weighted by molar-refractivity contribution is -0.146. The van der Waals surface area contributed by atoms with Crippen molar-refractivity contribution in [1.29, 1.82) is 0 Å². The van der Waals surface area contributed by atoms with E-state index in [1.54, 1.807) is 0 Å². The molecule has 0 aliphatic heterocycles. The van der Waals surface area contributed by atoms with Crippen molar-refractivity contribution >= 4 is 5.97 Å². The summed E-state index contributed by atoms with van der Waals surface area (Å²) in [6, 6.07) is 0.